The zero-order valence-corrected chi connectivity index (χ0v) is 12.9. The molecule has 0 radical (unpaired) electrons. The summed E-state index contributed by atoms with van der Waals surface area (Å²) in [5.41, 5.74) is -0.565. The van der Waals surface area contributed by atoms with Crippen molar-refractivity contribution in [2.45, 2.75) is 38.2 Å². The normalized spacial score (nSPS) is 16.8. The van der Waals surface area contributed by atoms with E-state index in [-0.39, 0.29) is 25.3 Å². The number of carboxylic acid groups (broad SMARTS) is 1. The van der Waals surface area contributed by atoms with Crippen LogP contribution in [0.1, 0.15) is 32.8 Å². The molecule has 1 aromatic carbocycles. The van der Waals surface area contributed by atoms with Crippen LogP contribution in [0, 0.1) is 5.82 Å². The van der Waals surface area contributed by atoms with Crippen molar-refractivity contribution in [2.75, 3.05) is 13.1 Å². The highest BCUT2D eigenvalue weighted by atomic mass is 19.1. The maximum absolute atomic E-state index is 13.0. The van der Waals surface area contributed by atoms with Gasteiger partial charge in [-0.2, -0.15) is 0 Å². The van der Waals surface area contributed by atoms with Gasteiger partial charge < -0.3 is 14.7 Å². The minimum atomic E-state index is -0.951. The Labute approximate surface area is 128 Å². The van der Waals surface area contributed by atoms with Gasteiger partial charge in [0, 0.05) is 18.5 Å². The van der Waals surface area contributed by atoms with E-state index < -0.39 is 23.1 Å². The number of carboxylic acids is 1. The monoisotopic (exact) mass is 309 g/mol. The molecule has 120 valence electrons. The van der Waals surface area contributed by atoms with E-state index in [4.69, 9.17) is 9.84 Å². The smallest absolute Gasteiger partial charge is 0.410 e. The van der Waals surface area contributed by atoms with E-state index in [2.05, 4.69) is 0 Å². The largest absolute Gasteiger partial charge is 0.481 e. The summed E-state index contributed by atoms with van der Waals surface area (Å²) < 4.78 is 18.3. The number of carbonyl (C=O) groups is 2. The molecule has 22 heavy (non-hydrogen) atoms. The molecule has 0 bridgehead atoms. The Bertz CT molecular complexity index is 571. The van der Waals surface area contributed by atoms with Gasteiger partial charge in [0.1, 0.15) is 11.4 Å². The molecule has 0 atom stereocenters. The number of amides is 1. The standard InChI is InChI=1S/C16H20FNO4/c1-15(2,3)22-14(21)18-9-16(10-18,8-13(19)20)11-4-6-12(17)7-5-11/h4-7H,8-10H2,1-3H3,(H,19,20). The van der Waals surface area contributed by atoms with Crippen molar-refractivity contribution in [1.29, 1.82) is 0 Å². The summed E-state index contributed by atoms with van der Waals surface area (Å²) >= 11 is 0. The van der Waals surface area contributed by atoms with Crippen LogP contribution in [0.15, 0.2) is 24.3 Å². The molecule has 1 aromatic rings. The second kappa shape index (κ2) is 5.59. The van der Waals surface area contributed by atoms with Crippen LogP contribution in [-0.2, 0) is 14.9 Å². The van der Waals surface area contributed by atoms with Crippen molar-refractivity contribution in [3.05, 3.63) is 35.6 Å². The number of rotatable bonds is 3. The average molecular weight is 309 g/mol. The molecule has 1 amide bonds. The van der Waals surface area contributed by atoms with Crippen LogP contribution < -0.4 is 0 Å². The Balaban J connectivity index is 2.13. The fourth-order valence-corrected chi connectivity index (χ4v) is 2.63. The molecule has 1 N–H and O–H groups in total. The van der Waals surface area contributed by atoms with Crippen LogP contribution in [0.2, 0.25) is 0 Å². The molecule has 1 aliphatic heterocycles. The van der Waals surface area contributed by atoms with Crippen molar-refractivity contribution in [2.24, 2.45) is 0 Å². The Kier molecular flexibility index (Phi) is 4.13. The number of ether oxygens (including phenoxy) is 1. The van der Waals surface area contributed by atoms with E-state index in [1.165, 1.54) is 17.0 Å². The van der Waals surface area contributed by atoms with Gasteiger partial charge in [0.15, 0.2) is 0 Å². The summed E-state index contributed by atoms with van der Waals surface area (Å²) in [5, 5.41) is 9.13. The molecule has 1 aliphatic rings. The number of likely N-dealkylation sites (tertiary alicyclic amines) is 1. The first kappa shape index (κ1) is 16.3. The molecule has 2 rings (SSSR count). The fourth-order valence-electron chi connectivity index (χ4n) is 2.63. The number of hydrogen-bond acceptors (Lipinski definition) is 3. The number of carbonyl (C=O) groups excluding carboxylic acids is 1. The molecular formula is C16H20FNO4. The van der Waals surface area contributed by atoms with Gasteiger partial charge in [-0.05, 0) is 38.5 Å². The maximum atomic E-state index is 13.0. The van der Waals surface area contributed by atoms with Crippen LogP contribution >= 0.6 is 0 Å². The summed E-state index contributed by atoms with van der Waals surface area (Å²) in [5.74, 6) is -1.33. The van der Waals surface area contributed by atoms with Crippen molar-refractivity contribution in [3.63, 3.8) is 0 Å². The van der Waals surface area contributed by atoms with Crippen LogP contribution in [0.5, 0.6) is 0 Å². The van der Waals surface area contributed by atoms with Crippen LogP contribution in [-0.4, -0.2) is 40.8 Å². The lowest BCUT2D eigenvalue weighted by atomic mass is 9.71. The van der Waals surface area contributed by atoms with Gasteiger partial charge in [-0.15, -0.1) is 0 Å². The molecule has 6 heteroatoms. The quantitative estimate of drug-likeness (QED) is 0.932. The highest BCUT2D eigenvalue weighted by Gasteiger charge is 2.49. The Morgan fingerprint density at radius 3 is 2.27 bits per heavy atom. The molecule has 0 unspecified atom stereocenters. The van der Waals surface area contributed by atoms with E-state index in [9.17, 15) is 14.0 Å². The van der Waals surface area contributed by atoms with E-state index in [1.807, 2.05) is 0 Å². The van der Waals surface area contributed by atoms with Crippen molar-refractivity contribution < 1.29 is 23.8 Å². The van der Waals surface area contributed by atoms with E-state index in [1.54, 1.807) is 32.9 Å². The number of aliphatic carboxylic acids is 1. The lowest BCUT2D eigenvalue weighted by Gasteiger charge is -2.49. The van der Waals surface area contributed by atoms with Crippen LogP contribution in [0.4, 0.5) is 9.18 Å². The van der Waals surface area contributed by atoms with Crippen LogP contribution in [0.3, 0.4) is 0 Å². The topological polar surface area (TPSA) is 66.8 Å². The Hall–Kier alpha value is -2.11. The first-order valence-corrected chi connectivity index (χ1v) is 7.07. The number of hydrogen-bond donors (Lipinski definition) is 1. The lowest BCUT2D eigenvalue weighted by molar-refractivity contribution is -0.140. The van der Waals surface area contributed by atoms with Gasteiger partial charge in [-0.1, -0.05) is 12.1 Å². The fraction of sp³-hybridized carbons (Fsp3) is 0.500. The van der Waals surface area contributed by atoms with Gasteiger partial charge in [0.05, 0.1) is 6.42 Å². The van der Waals surface area contributed by atoms with E-state index >= 15 is 0 Å². The minimum Gasteiger partial charge on any atom is -0.481 e. The molecular weight excluding hydrogens is 289 g/mol. The van der Waals surface area contributed by atoms with Crippen LogP contribution in [0.25, 0.3) is 0 Å². The SMILES string of the molecule is CC(C)(C)OC(=O)N1CC(CC(=O)O)(c2ccc(F)cc2)C1. The molecule has 1 heterocycles. The molecule has 0 aliphatic carbocycles. The number of nitrogens with zero attached hydrogens (tertiary/aromatic N) is 1. The molecule has 0 aromatic heterocycles. The third-order valence-corrected chi connectivity index (χ3v) is 3.58. The third kappa shape index (κ3) is 3.55. The summed E-state index contributed by atoms with van der Waals surface area (Å²) in [6.45, 7) is 5.82. The number of halogens is 1. The van der Waals surface area contributed by atoms with Crippen molar-refractivity contribution in [3.8, 4) is 0 Å². The second-order valence-corrected chi connectivity index (χ2v) is 6.69. The molecule has 1 saturated heterocycles. The summed E-state index contributed by atoms with van der Waals surface area (Å²) in [6, 6.07) is 5.75. The highest BCUT2D eigenvalue weighted by Crippen LogP contribution is 2.38. The molecule has 0 spiro atoms. The van der Waals surface area contributed by atoms with E-state index in [0.717, 1.165) is 5.56 Å². The highest BCUT2D eigenvalue weighted by molar-refractivity contribution is 5.73. The summed E-state index contributed by atoms with van der Waals surface area (Å²) in [4.78, 5) is 24.6. The second-order valence-electron chi connectivity index (χ2n) is 6.69. The molecule has 1 fully saturated rings. The van der Waals surface area contributed by atoms with Gasteiger partial charge in [0.25, 0.3) is 0 Å². The summed E-state index contributed by atoms with van der Waals surface area (Å²) in [6.07, 6.45) is -0.576. The van der Waals surface area contributed by atoms with Crippen molar-refractivity contribution >= 4 is 12.1 Å². The molecule has 0 saturated carbocycles. The maximum Gasteiger partial charge on any atom is 0.410 e. The zero-order chi connectivity index (χ0) is 16.5. The van der Waals surface area contributed by atoms with Crippen molar-refractivity contribution in [1.82, 2.24) is 4.90 Å². The lowest BCUT2D eigenvalue weighted by Crippen LogP contribution is -2.62. The average Bonchev–Trinajstić information content (AvgIpc) is 2.31. The Morgan fingerprint density at radius 1 is 1.27 bits per heavy atom. The van der Waals surface area contributed by atoms with Gasteiger partial charge in [-0.25, -0.2) is 9.18 Å². The predicted octanol–water partition coefficient (Wildman–Crippen LogP) is 2.79. The molecule has 5 nitrogen and oxygen atoms in total. The predicted molar refractivity (Wildman–Crippen MR) is 78.1 cm³/mol. The third-order valence-electron chi connectivity index (χ3n) is 3.58. The first-order chi connectivity index (χ1) is 10.1. The van der Waals surface area contributed by atoms with Gasteiger partial charge in [-0.3, -0.25) is 4.79 Å². The van der Waals surface area contributed by atoms with Gasteiger partial charge >= 0.3 is 12.1 Å². The minimum absolute atomic E-state index is 0.113. The van der Waals surface area contributed by atoms with E-state index in [0.29, 0.717) is 0 Å². The van der Waals surface area contributed by atoms with Gasteiger partial charge in [0.2, 0.25) is 0 Å². The number of benzene rings is 1. The Morgan fingerprint density at radius 2 is 1.82 bits per heavy atom. The zero-order valence-electron chi connectivity index (χ0n) is 12.9. The first-order valence-electron chi connectivity index (χ1n) is 7.07. The summed E-state index contributed by atoms with van der Waals surface area (Å²) in [7, 11) is 0.